The molecule has 1 aromatic carbocycles. The van der Waals surface area contributed by atoms with Gasteiger partial charge in [-0.15, -0.1) is 0 Å². The minimum absolute atomic E-state index is 0.449. The normalized spacial score (nSPS) is 10.7. The van der Waals surface area contributed by atoms with Gasteiger partial charge in [0.25, 0.3) is 0 Å². The molecule has 0 bridgehead atoms. The van der Waals surface area contributed by atoms with Crippen LogP contribution in [-0.4, -0.2) is 9.97 Å². The first kappa shape index (κ1) is 13.8. The molecule has 2 aromatic rings. The van der Waals surface area contributed by atoms with Crippen molar-refractivity contribution in [1.29, 1.82) is 0 Å². The van der Waals surface area contributed by atoms with Gasteiger partial charge in [-0.25, -0.2) is 9.97 Å². The van der Waals surface area contributed by atoms with E-state index in [9.17, 15) is 0 Å². The summed E-state index contributed by atoms with van der Waals surface area (Å²) in [5.74, 6) is 0.643. The van der Waals surface area contributed by atoms with Crippen molar-refractivity contribution in [3.63, 3.8) is 0 Å². The highest BCUT2D eigenvalue weighted by molar-refractivity contribution is 9.10. The Morgan fingerprint density at radius 1 is 1.06 bits per heavy atom. The third kappa shape index (κ3) is 3.22. The molecule has 2 rings (SSSR count). The van der Waals surface area contributed by atoms with Crippen LogP contribution in [0.1, 0.15) is 23.9 Å². The Bertz CT molecular complexity index is 532. The highest BCUT2D eigenvalue weighted by Crippen LogP contribution is 2.22. The molecule has 0 aliphatic rings. The van der Waals surface area contributed by atoms with Crippen molar-refractivity contribution in [3.05, 3.63) is 56.0 Å². The molecule has 1 heterocycles. The van der Waals surface area contributed by atoms with Crippen molar-refractivity contribution in [2.24, 2.45) is 0 Å². The molecule has 0 amide bonds. The summed E-state index contributed by atoms with van der Waals surface area (Å²) in [6, 6.07) is 8.00. The van der Waals surface area contributed by atoms with E-state index in [1.54, 1.807) is 0 Å². The van der Waals surface area contributed by atoms with E-state index in [4.69, 9.17) is 23.2 Å². The third-order valence-electron chi connectivity index (χ3n) is 2.58. The molecule has 0 aliphatic carbocycles. The van der Waals surface area contributed by atoms with E-state index in [1.807, 2.05) is 31.2 Å². The Morgan fingerprint density at radius 3 is 2.11 bits per heavy atom. The SMILES string of the molecule is CCc1c(Cl)nc(Cc2ccc(Br)cc2)nc1Cl. The Kier molecular flexibility index (Phi) is 4.60. The topological polar surface area (TPSA) is 25.8 Å². The fourth-order valence-corrected chi connectivity index (χ4v) is 2.58. The maximum atomic E-state index is 6.08. The molecular formula is C13H11BrCl2N2. The summed E-state index contributed by atoms with van der Waals surface area (Å²) in [6.07, 6.45) is 1.35. The molecule has 0 N–H and O–H groups in total. The van der Waals surface area contributed by atoms with Gasteiger partial charge in [-0.2, -0.15) is 0 Å². The van der Waals surface area contributed by atoms with Crippen LogP contribution in [-0.2, 0) is 12.8 Å². The number of hydrogen-bond donors (Lipinski definition) is 0. The highest BCUT2D eigenvalue weighted by atomic mass is 79.9. The fourth-order valence-electron chi connectivity index (χ4n) is 1.63. The first-order valence-electron chi connectivity index (χ1n) is 5.55. The van der Waals surface area contributed by atoms with Crippen molar-refractivity contribution >= 4 is 39.1 Å². The van der Waals surface area contributed by atoms with Crippen molar-refractivity contribution in [1.82, 2.24) is 9.97 Å². The predicted molar refractivity (Wildman–Crippen MR) is 78.4 cm³/mol. The van der Waals surface area contributed by atoms with Crippen LogP contribution in [0.2, 0.25) is 10.3 Å². The van der Waals surface area contributed by atoms with Gasteiger partial charge in [0.15, 0.2) is 0 Å². The summed E-state index contributed by atoms with van der Waals surface area (Å²) in [5, 5.41) is 0.897. The van der Waals surface area contributed by atoms with Gasteiger partial charge in [0.1, 0.15) is 16.1 Å². The summed E-state index contributed by atoms with van der Waals surface area (Å²) in [7, 11) is 0. The largest absolute Gasteiger partial charge is 0.220 e. The number of benzene rings is 1. The van der Waals surface area contributed by atoms with Gasteiger partial charge in [-0.05, 0) is 24.1 Å². The molecule has 0 aliphatic heterocycles. The molecule has 0 saturated carbocycles. The molecule has 5 heteroatoms. The lowest BCUT2D eigenvalue weighted by molar-refractivity contribution is 0.936. The zero-order chi connectivity index (χ0) is 13.1. The molecule has 0 spiro atoms. The van der Waals surface area contributed by atoms with Crippen molar-refractivity contribution in [2.45, 2.75) is 19.8 Å². The van der Waals surface area contributed by atoms with Crippen LogP contribution >= 0.6 is 39.1 Å². The molecule has 0 radical (unpaired) electrons. The summed E-state index contributed by atoms with van der Waals surface area (Å²) in [5.41, 5.74) is 1.92. The molecule has 2 nitrogen and oxygen atoms in total. The Labute approximate surface area is 124 Å². The lowest BCUT2D eigenvalue weighted by Gasteiger charge is -2.06. The second-order valence-electron chi connectivity index (χ2n) is 3.86. The summed E-state index contributed by atoms with van der Waals surface area (Å²) >= 11 is 15.6. The Balaban J connectivity index is 2.27. The van der Waals surface area contributed by atoms with Gasteiger partial charge in [-0.3, -0.25) is 0 Å². The molecular weight excluding hydrogens is 335 g/mol. The first-order chi connectivity index (χ1) is 8.60. The van der Waals surface area contributed by atoms with E-state index in [-0.39, 0.29) is 0 Å². The van der Waals surface area contributed by atoms with Gasteiger partial charge in [-0.1, -0.05) is 58.2 Å². The minimum Gasteiger partial charge on any atom is -0.220 e. The van der Waals surface area contributed by atoms with Crippen LogP contribution in [0.5, 0.6) is 0 Å². The lowest BCUT2D eigenvalue weighted by Crippen LogP contribution is -2.01. The zero-order valence-corrected chi connectivity index (χ0v) is 12.8. The van der Waals surface area contributed by atoms with Crippen LogP contribution in [0.25, 0.3) is 0 Å². The van der Waals surface area contributed by atoms with Gasteiger partial charge in [0.2, 0.25) is 0 Å². The molecule has 0 unspecified atom stereocenters. The average molecular weight is 346 g/mol. The van der Waals surface area contributed by atoms with Gasteiger partial charge in [0.05, 0.1) is 0 Å². The van der Waals surface area contributed by atoms with E-state index < -0.39 is 0 Å². The first-order valence-corrected chi connectivity index (χ1v) is 7.10. The lowest BCUT2D eigenvalue weighted by atomic mass is 10.1. The predicted octanol–water partition coefficient (Wildman–Crippen LogP) is 4.70. The monoisotopic (exact) mass is 344 g/mol. The van der Waals surface area contributed by atoms with Crippen molar-refractivity contribution in [2.75, 3.05) is 0 Å². The zero-order valence-electron chi connectivity index (χ0n) is 9.75. The van der Waals surface area contributed by atoms with E-state index >= 15 is 0 Å². The summed E-state index contributed by atoms with van der Waals surface area (Å²) < 4.78 is 1.05. The van der Waals surface area contributed by atoms with E-state index in [2.05, 4.69) is 25.9 Å². The standard InChI is InChI=1S/C13H11BrCl2N2/c1-2-10-12(15)17-11(18-13(10)16)7-8-3-5-9(14)6-4-8/h3-6H,2,7H2,1H3. The Hall–Kier alpha value is -0.640. The van der Waals surface area contributed by atoms with Crippen molar-refractivity contribution in [3.8, 4) is 0 Å². The van der Waals surface area contributed by atoms with Gasteiger partial charge in [0, 0.05) is 16.5 Å². The van der Waals surface area contributed by atoms with Crippen LogP contribution in [0, 0.1) is 0 Å². The molecule has 0 atom stereocenters. The number of hydrogen-bond acceptors (Lipinski definition) is 2. The second kappa shape index (κ2) is 6.00. The van der Waals surface area contributed by atoms with Crippen LogP contribution in [0.4, 0.5) is 0 Å². The maximum absolute atomic E-state index is 6.08. The second-order valence-corrected chi connectivity index (χ2v) is 5.49. The quantitative estimate of drug-likeness (QED) is 0.753. The average Bonchev–Trinajstić information content (AvgIpc) is 2.32. The van der Waals surface area contributed by atoms with E-state index in [0.717, 1.165) is 22.0 Å². The van der Waals surface area contributed by atoms with Crippen LogP contribution in [0.15, 0.2) is 28.7 Å². The van der Waals surface area contributed by atoms with E-state index in [0.29, 0.717) is 22.6 Å². The smallest absolute Gasteiger partial charge is 0.137 e. The summed E-state index contributed by atoms with van der Waals surface area (Å²) in [6.45, 7) is 1.98. The highest BCUT2D eigenvalue weighted by Gasteiger charge is 2.10. The van der Waals surface area contributed by atoms with Crippen molar-refractivity contribution < 1.29 is 0 Å². The van der Waals surface area contributed by atoms with Crippen LogP contribution < -0.4 is 0 Å². The van der Waals surface area contributed by atoms with E-state index in [1.165, 1.54) is 0 Å². The maximum Gasteiger partial charge on any atom is 0.137 e. The van der Waals surface area contributed by atoms with Gasteiger partial charge < -0.3 is 0 Å². The molecule has 94 valence electrons. The number of aromatic nitrogens is 2. The molecule has 0 saturated heterocycles. The number of halogens is 3. The molecule has 0 fully saturated rings. The third-order valence-corrected chi connectivity index (χ3v) is 3.74. The van der Waals surface area contributed by atoms with Gasteiger partial charge >= 0.3 is 0 Å². The summed E-state index contributed by atoms with van der Waals surface area (Å²) in [4.78, 5) is 8.56. The number of rotatable bonds is 3. The minimum atomic E-state index is 0.449. The fraction of sp³-hybridized carbons (Fsp3) is 0.231. The number of nitrogens with zero attached hydrogens (tertiary/aromatic N) is 2. The molecule has 18 heavy (non-hydrogen) atoms. The Morgan fingerprint density at radius 2 is 1.61 bits per heavy atom. The molecule has 1 aromatic heterocycles. The van der Waals surface area contributed by atoms with Crippen LogP contribution in [0.3, 0.4) is 0 Å².